The number of thiophene rings is 1. The van der Waals surface area contributed by atoms with Gasteiger partial charge in [-0.3, -0.25) is 0 Å². The second-order valence-corrected chi connectivity index (χ2v) is 10.9. The van der Waals surface area contributed by atoms with E-state index in [1.807, 2.05) is 18.2 Å². The third kappa shape index (κ3) is 4.41. The van der Waals surface area contributed by atoms with E-state index in [-0.39, 0.29) is 23.8 Å². The SMILES string of the molecule is CC[C@H]1O[C@@](O)(c2ccc(C)c(C(C)c3ccc(-c4ccc(F)cc4)s3)c2)[C@H](C)[C@@H](C)[C@@H]1C. The van der Waals surface area contributed by atoms with Crippen molar-refractivity contribution in [2.75, 3.05) is 0 Å². The third-order valence-electron chi connectivity index (χ3n) is 7.90. The van der Waals surface area contributed by atoms with Crippen LogP contribution in [0.25, 0.3) is 10.4 Å². The molecule has 0 aliphatic carbocycles. The Morgan fingerprint density at radius 2 is 1.73 bits per heavy atom. The van der Waals surface area contributed by atoms with Gasteiger partial charge in [0.05, 0.1) is 6.10 Å². The highest BCUT2D eigenvalue weighted by molar-refractivity contribution is 7.15. The van der Waals surface area contributed by atoms with Crippen LogP contribution in [0.2, 0.25) is 0 Å². The van der Waals surface area contributed by atoms with Crippen LogP contribution >= 0.6 is 11.3 Å². The first-order valence-corrected chi connectivity index (χ1v) is 12.8. The van der Waals surface area contributed by atoms with E-state index < -0.39 is 5.79 Å². The van der Waals surface area contributed by atoms with Gasteiger partial charge in [0.1, 0.15) is 5.82 Å². The molecule has 1 fully saturated rings. The van der Waals surface area contributed by atoms with E-state index in [0.717, 1.165) is 22.4 Å². The van der Waals surface area contributed by atoms with Gasteiger partial charge in [-0.1, -0.05) is 58.9 Å². The van der Waals surface area contributed by atoms with Crippen molar-refractivity contribution in [1.82, 2.24) is 0 Å². The number of hydrogen-bond acceptors (Lipinski definition) is 3. The number of benzene rings is 2. The predicted molar refractivity (Wildman–Crippen MR) is 135 cm³/mol. The molecule has 1 unspecified atom stereocenters. The summed E-state index contributed by atoms with van der Waals surface area (Å²) in [6, 6.07) is 17.2. The lowest BCUT2D eigenvalue weighted by Gasteiger charge is -2.49. The molecule has 2 heterocycles. The Morgan fingerprint density at radius 1 is 1.03 bits per heavy atom. The van der Waals surface area contributed by atoms with Crippen LogP contribution in [0.15, 0.2) is 54.6 Å². The molecule has 1 N–H and O–H groups in total. The highest BCUT2D eigenvalue weighted by Crippen LogP contribution is 2.47. The molecule has 4 rings (SSSR count). The van der Waals surface area contributed by atoms with Crippen LogP contribution in [0, 0.1) is 30.5 Å². The van der Waals surface area contributed by atoms with Gasteiger partial charge in [-0.2, -0.15) is 0 Å². The van der Waals surface area contributed by atoms with Gasteiger partial charge in [-0.25, -0.2) is 4.39 Å². The van der Waals surface area contributed by atoms with Gasteiger partial charge >= 0.3 is 0 Å². The minimum atomic E-state index is -1.29. The van der Waals surface area contributed by atoms with E-state index in [4.69, 9.17) is 4.74 Å². The number of halogens is 1. The van der Waals surface area contributed by atoms with Crippen LogP contribution in [0.3, 0.4) is 0 Å². The number of rotatable bonds is 5. The maximum Gasteiger partial charge on any atom is 0.195 e. The molecular formula is C29H35FO2S. The van der Waals surface area contributed by atoms with E-state index in [9.17, 15) is 9.50 Å². The van der Waals surface area contributed by atoms with Crippen LogP contribution in [0.1, 0.15) is 68.5 Å². The standard InChI is InChI=1S/C29H35FO2S/c1-7-26-19(4)18(3)21(6)29(31,32-26)23-11-8-17(2)25(16-23)20(5)27-14-15-28(33-27)22-9-12-24(30)13-10-22/h8-16,18-21,26,31H,7H2,1-6H3/t18-,19-,20?,21+,26+,29+/m0/s1. The van der Waals surface area contributed by atoms with E-state index in [1.165, 1.54) is 28.1 Å². The van der Waals surface area contributed by atoms with Crippen LogP contribution in [0.5, 0.6) is 0 Å². The van der Waals surface area contributed by atoms with Gasteiger partial charge in [0, 0.05) is 27.2 Å². The minimum Gasteiger partial charge on any atom is -0.362 e. The van der Waals surface area contributed by atoms with Gasteiger partial charge in [-0.05, 0) is 72.2 Å². The Balaban J connectivity index is 1.67. The van der Waals surface area contributed by atoms with Crippen molar-refractivity contribution in [3.8, 4) is 10.4 Å². The smallest absolute Gasteiger partial charge is 0.195 e. The van der Waals surface area contributed by atoms with Crippen molar-refractivity contribution in [1.29, 1.82) is 0 Å². The molecule has 6 atom stereocenters. The zero-order valence-electron chi connectivity index (χ0n) is 20.4. The first-order chi connectivity index (χ1) is 15.7. The number of aliphatic hydroxyl groups is 1. The predicted octanol–water partition coefficient (Wildman–Crippen LogP) is 7.88. The van der Waals surface area contributed by atoms with Crippen LogP contribution in [-0.2, 0) is 10.5 Å². The van der Waals surface area contributed by atoms with Crippen LogP contribution in [0.4, 0.5) is 4.39 Å². The molecule has 1 aliphatic rings. The van der Waals surface area contributed by atoms with Gasteiger partial charge in [-0.15, -0.1) is 11.3 Å². The fourth-order valence-electron chi connectivity index (χ4n) is 5.22. The molecule has 0 radical (unpaired) electrons. The molecule has 1 aliphatic heterocycles. The molecule has 0 amide bonds. The van der Waals surface area contributed by atoms with Crippen molar-refractivity contribution < 1.29 is 14.2 Å². The van der Waals surface area contributed by atoms with Gasteiger partial charge in [0.2, 0.25) is 0 Å². The van der Waals surface area contributed by atoms with Crippen molar-refractivity contribution in [3.05, 3.63) is 82.0 Å². The highest BCUT2D eigenvalue weighted by Gasteiger charge is 2.49. The molecule has 2 nitrogen and oxygen atoms in total. The molecule has 1 aromatic heterocycles. The van der Waals surface area contributed by atoms with Gasteiger partial charge < -0.3 is 9.84 Å². The molecule has 2 aromatic carbocycles. The van der Waals surface area contributed by atoms with Crippen LogP contribution in [-0.4, -0.2) is 11.2 Å². The molecule has 0 bridgehead atoms. The Hall–Kier alpha value is -2.01. The number of ether oxygens (including phenoxy) is 1. The average Bonchev–Trinajstić information content (AvgIpc) is 3.30. The van der Waals surface area contributed by atoms with Gasteiger partial charge in [0.25, 0.3) is 0 Å². The molecule has 0 saturated carbocycles. The fraction of sp³-hybridized carbons (Fsp3) is 0.448. The van der Waals surface area contributed by atoms with Crippen LogP contribution < -0.4 is 0 Å². The molecule has 0 spiro atoms. The summed E-state index contributed by atoms with van der Waals surface area (Å²) in [4.78, 5) is 2.37. The maximum absolute atomic E-state index is 13.3. The topological polar surface area (TPSA) is 29.5 Å². The number of hydrogen-bond donors (Lipinski definition) is 1. The molecular weight excluding hydrogens is 431 g/mol. The van der Waals surface area contributed by atoms with Crippen molar-refractivity contribution >= 4 is 11.3 Å². The average molecular weight is 467 g/mol. The van der Waals surface area contributed by atoms with E-state index in [2.05, 4.69) is 65.8 Å². The first-order valence-electron chi connectivity index (χ1n) is 12.0. The molecule has 1 saturated heterocycles. The van der Waals surface area contributed by atoms with Gasteiger partial charge in [0.15, 0.2) is 5.79 Å². The first kappa shape index (κ1) is 24.1. The lowest BCUT2D eigenvalue weighted by atomic mass is 9.72. The molecule has 3 aromatic rings. The Labute approximate surface area is 201 Å². The Kier molecular flexibility index (Phi) is 6.82. The summed E-state index contributed by atoms with van der Waals surface area (Å²) in [5.41, 5.74) is 4.26. The summed E-state index contributed by atoms with van der Waals surface area (Å²) in [7, 11) is 0. The summed E-state index contributed by atoms with van der Waals surface area (Å²) in [5.74, 6) is -0.583. The lowest BCUT2D eigenvalue weighted by Crippen LogP contribution is -2.51. The maximum atomic E-state index is 13.3. The summed E-state index contributed by atoms with van der Waals surface area (Å²) in [5, 5.41) is 11.8. The highest BCUT2D eigenvalue weighted by atomic mass is 32.1. The summed E-state index contributed by atoms with van der Waals surface area (Å²) in [6.45, 7) is 13.0. The van der Waals surface area contributed by atoms with E-state index in [0.29, 0.717) is 11.8 Å². The fourth-order valence-corrected chi connectivity index (χ4v) is 6.30. The summed E-state index contributed by atoms with van der Waals surface area (Å²) in [6.07, 6.45) is 0.927. The Morgan fingerprint density at radius 3 is 2.39 bits per heavy atom. The normalized spacial score (nSPS) is 28.6. The molecule has 176 valence electrons. The van der Waals surface area contributed by atoms with Crippen molar-refractivity contribution in [2.45, 2.75) is 65.8 Å². The largest absolute Gasteiger partial charge is 0.362 e. The zero-order valence-corrected chi connectivity index (χ0v) is 21.2. The molecule has 33 heavy (non-hydrogen) atoms. The molecule has 4 heteroatoms. The Bertz CT molecular complexity index is 1100. The second kappa shape index (κ2) is 9.32. The monoisotopic (exact) mass is 466 g/mol. The summed E-state index contributed by atoms with van der Waals surface area (Å²) < 4.78 is 19.7. The zero-order chi connectivity index (χ0) is 23.9. The third-order valence-corrected chi connectivity index (χ3v) is 9.21. The second-order valence-electron chi connectivity index (χ2n) is 9.77. The summed E-state index contributed by atoms with van der Waals surface area (Å²) >= 11 is 1.73. The number of aryl methyl sites for hydroxylation is 1. The van der Waals surface area contributed by atoms with E-state index in [1.54, 1.807) is 11.3 Å². The minimum absolute atomic E-state index is 0.00650. The quantitative estimate of drug-likeness (QED) is 0.414. The van der Waals surface area contributed by atoms with E-state index >= 15 is 0 Å². The van der Waals surface area contributed by atoms with Crippen molar-refractivity contribution in [3.63, 3.8) is 0 Å². The van der Waals surface area contributed by atoms with Crippen molar-refractivity contribution in [2.24, 2.45) is 17.8 Å². The lowest BCUT2D eigenvalue weighted by molar-refractivity contribution is -0.316.